The van der Waals surface area contributed by atoms with Gasteiger partial charge in [0.25, 0.3) is 0 Å². The van der Waals surface area contributed by atoms with E-state index in [0.29, 0.717) is 0 Å². The molecular weight excluding hydrogens is 330 g/mol. The molecule has 6 nitrogen and oxygen atoms in total. The van der Waals surface area contributed by atoms with Gasteiger partial charge in [-0.3, -0.25) is 4.79 Å². The van der Waals surface area contributed by atoms with Gasteiger partial charge in [-0.05, 0) is 26.3 Å². The smallest absolute Gasteiger partial charge is 0.408 e. The summed E-state index contributed by atoms with van der Waals surface area (Å²) in [5.74, 6) is -0.650. The molecule has 0 heterocycles. The van der Waals surface area contributed by atoms with Crippen molar-refractivity contribution < 1.29 is 23.9 Å². The molecule has 24 heavy (non-hydrogen) atoms. The molecule has 0 aromatic heterocycles. The second-order valence-electron chi connectivity index (χ2n) is 6.09. The van der Waals surface area contributed by atoms with E-state index in [1.807, 2.05) is 6.07 Å². The number of hydrogen-bond acceptors (Lipinski definition) is 6. The van der Waals surface area contributed by atoms with Crippen LogP contribution in [-0.4, -0.2) is 35.9 Å². The molecule has 132 valence electrons. The van der Waals surface area contributed by atoms with Gasteiger partial charge in [0.1, 0.15) is 11.6 Å². The minimum Gasteiger partial charge on any atom is -0.467 e. The number of ether oxygens (including phenoxy) is 2. The lowest BCUT2D eigenvalue weighted by Gasteiger charge is -2.27. The zero-order chi connectivity index (χ0) is 18.3. The lowest BCUT2D eigenvalue weighted by Crippen LogP contribution is -2.46. The van der Waals surface area contributed by atoms with Crippen LogP contribution in [-0.2, 0) is 19.1 Å². The van der Waals surface area contributed by atoms with Crippen LogP contribution < -0.4 is 5.32 Å². The summed E-state index contributed by atoms with van der Waals surface area (Å²) in [5.41, 5.74) is 0.0184. The molecule has 1 aromatic carbocycles. The Kier molecular flexibility index (Phi) is 7.28. The van der Waals surface area contributed by atoms with Crippen molar-refractivity contribution in [3.05, 3.63) is 35.9 Å². The average Bonchev–Trinajstić information content (AvgIpc) is 2.48. The zero-order valence-corrected chi connectivity index (χ0v) is 15.3. The van der Waals surface area contributed by atoms with Gasteiger partial charge in [0, 0.05) is 6.92 Å². The van der Waals surface area contributed by atoms with Crippen molar-refractivity contribution in [3.63, 3.8) is 0 Å². The number of carbonyl (C=O) groups is 3. The van der Waals surface area contributed by atoms with Crippen LogP contribution in [0.5, 0.6) is 0 Å². The fraction of sp³-hybridized carbons (Fsp3) is 0.471. The molecule has 2 atom stereocenters. The predicted octanol–water partition coefficient (Wildman–Crippen LogP) is 3.07. The third-order valence-electron chi connectivity index (χ3n) is 2.85. The molecule has 0 saturated carbocycles. The maximum Gasteiger partial charge on any atom is 0.408 e. The molecule has 0 bridgehead atoms. The minimum atomic E-state index is -1.05. The number of benzene rings is 1. The van der Waals surface area contributed by atoms with Crippen LogP contribution in [0.3, 0.4) is 0 Å². The molecule has 1 amide bonds. The van der Waals surface area contributed by atoms with Gasteiger partial charge in [-0.1, -0.05) is 42.1 Å². The van der Waals surface area contributed by atoms with E-state index in [1.54, 1.807) is 45.0 Å². The Morgan fingerprint density at radius 3 is 2.17 bits per heavy atom. The predicted molar refractivity (Wildman–Crippen MR) is 92.6 cm³/mol. The SMILES string of the molecule is COC(=O)[C@@H](NC(=O)OC(C)(C)C)[C@H](SC(C)=O)c1ccccc1. The maximum atomic E-state index is 12.2. The molecule has 1 N–H and O–H groups in total. The fourth-order valence-corrected chi connectivity index (χ4v) is 2.94. The molecule has 1 rings (SSSR count). The van der Waals surface area contributed by atoms with Crippen LogP contribution in [0.4, 0.5) is 4.79 Å². The van der Waals surface area contributed by atoms with Crippen LogP contribution in [0.25, 0.3) is 0 Å². The van der Waals surface area contributed by atoms with Crippen LogP contribution in [0.1, 0.15) is 38.5 Å². The lowest BCUT2D eigenvalue weighted by molar-refractivity contribution is -0.143. The van der Waals surface area contributed by atoms with E-state index >= 15 is 0 Å². The molecule has 1 aromatic rings. The highest BCUT2D eigenvalue weighted by molar-refractivity contribution is 8.13. The van der Waals surface area contributed by atoms with E-state index in [4.69, 9.17) is 9.47 Å². The number of amides is 1. The summed E-state index contributed by atoms with van der Waals surface area (Å²) in [6.07, 6.45) is -0.747. The normalized spacial score (nSPS) is 13.5. The van der Waals surface area contributed by atoms with Crippen LogP contribution in [0, 0.1) is 0 Å². The molecular formula is C17H23NO5S. The summed E-state index contributed by atoms with van der Waals surface area (Å²) < 4.78 is 10.00. The molecule has 0 spiro atoms. The largest absolute Gasteiger partial charge is 0.467 e. The van der Waals surface area contributed by atoms with Crippen LogP contribution >= 0.6 is 11.8 Å². The van der Waals surface area contributed by atoms with E-state index in [-0.39, 0.29) is 5.12 Å². The Bertz CT molecular complexity index is 582. The summed E-state index contributed by atoms with van der Waals surface area (Å²) in [7, 11) is 1.23. The number of rotatable bonds is 5. The Morgan fingerprint density at radius 2 is 1.71 bits per heavy atom. The minimum absolute atomic E-state index is 0.177. The van der Waals surface area contributed by atoms with Gasteiger partial charge >= 0.3 is 12.1 Å². The van der Waals surface area contributed by atoms with Gasteiger partial charge < -0.3 is 14.8 Å². The Morgan fingerprint density at radius 1 is 1.12 bits per heavy atom. The molecule has 0 radical (unpaired) electrons. The van der Waals surface area contributed by atoms with Crippen LogP contribution in [0.15, 0.2) is 30.3 Å². The summed E-state index contributed by atoms with van der Waals surface area (Å²) in [6.45, 7) is 6.57. The van der Waals surface area contributed by atoms with E-state index < -0.39 is 29.0 Å². The Labute approximate surface area is 146 Å². The number of carbonyl (C=O) groups excluding carboxylic acids is 3. The second-order valence-corrected chi connectivity index (χ2v) is 7.41. The molecule has 0 fully saturated rings. The first-order valence-electron chi connectivity index (χ1n) is 7.43. The van der Waals surface area contributed by atoms with Gasteiger partial charge in [0.15, 0.2) is 5.12 Å². The number of methoxy groups -OCH3 is 1. The van der Waals surface area contributed by atoms with Gasteiger partial charge in [0.05, 0.1) is 12.4 Å². The van der Waals surface area contributed by atoms with Crippen molar-refractivity contribution in [2.45, 2.75) is 44.6 Å². The number of nitrogens with one attached hydrogen (secondary N) is 1. The lowest BCUT2D eigenvalue weighted by atomic mass is 10.1. The average molecular weight is 353 g/mol. The van der Waals surface area contributed by atoms with Gasteiger partial charge in [0.2, 0.25) is 0 Å². The molecule has 0 aliphatic heterocycles. The van der Waals surface area contributed by atoms with Crippen molar-refractivity contribution >= 4 is 28.9 Å². The van der Waals surface area contributed by atoms with Crippen molar-refractivity contribution in [2.24, 2.45) is 0 Å². The first-order valence-corrected chi connectivity index (χ1v) is 8.31. The monoisotopic (exact) mass is 353 g/mol. The van der Waals surface area contributed by atoms with Crippen molar-refractivity contribution in [1.29, 1.82) is 0 Å². The molecule has 7 heteroatoms. The number of hydrogen-bond donors (Lipinski definition) is 1. The third-order valence-corrected chi connectivity index (χ3v) is 3.98. The standard InChI is InChI=1S/C17H23NO5S/c1-11(19)24-14(12-9-7-6-8-10-12)13(15(20)22-5)18-16(21)23-17(2,3)4/h6-10,13-14H,1-5H3,(H,18,21)/t13-,14+/m0/s1. The molecule has 0 aliphatic carbocycles. The van der Waals surface area contributed by atoms with Gasteiger partial charge in [-0.25, -0.2) is 9.59 Å². The summed E-state index contributed by atoms with van der Waals surface area (Å²) >= 11 is 0.954. The Balaban J connectivity index is 3.11. The van der Waals surface area contributed by atoms with Crippen molar-refractivity contribution in [1.82, 2.24) is 5.32 Å². The molecule has 0 unspecified atom stereocenters. The number of alkyl carbamates (subject to hydrolysis) is 1. The quantitative estimate of drug-likeness (QED) is 0.819. The van der Waals surface area contributed by atoms with E-state index in [9.17, 15) is 14.4 Å². The molecule has 0 saturated heterocycles. The second kappa shape index (κ2) is 8.73. The van der Waals surface area contributed by atoms with Crippen molar-refractivity contribution in [2.75, 3.05) is 7.11 Å². The van der Waals surface area contributed by atoms with E-state index in [0.717, 1.165) is 17.3 Å². The Hall–Kier alpha value is -2.02. The number of esters is 1. The number of thioether (sulfide) groups is 1. The highest BCUT2D eigenvalue weighted by Gasteiger charge is 2.34. The summed E-state index contributed by atoms with van der Waals surface area (Å²) in [5, 5.41) is 1.72. The highest BCUT2D eigenvalue weighted by Crippen LogP contribution is 2.33. The molecule has 0 aliphatic rings. The first kappa shape index (κ1) is 20.0. The van der Waals surface area contributed by atoms with Gasteiger partial charge in [-0.15, -0.1) is 0 Å². The summed E-state index contributed by atoms with van der Waals surface area (Å²) in [6, 6.07) is 7.94. The van der Waals surface area contributed by atoms with Crippen LogP contribution in [0.2, 0.25) is 0 Å². The van der Waals surface area contributed by atoms with E-state index in [2.05, 4.69) is 5.32 Å². The zero-order valence-electron chi connectivity index (χ0n) is 14.5. The summed E-state index contributed by atoms with van der Waals surface area (Å²) in [4.78, 5) is 35.9. The fourth-order valence-electron chi connectivity index (χ4n) is 1.97. The van der Waals surface area contributed by atoms with E-state index in [1.165, 1.54) is 14.0 Å². The topological polar surface area (TPSA) is 81.7 Å². The van der Waals surface area contributed by atoms with Crippen molar-refractivity contribution in [3.8, 4) is 0 Å². The highest BCUT2D eigenvalue weighted by atomic mass is 32.2. The van der Waals surface area contributed by atoms with Gasteiger partial charge in [-0.2, -0.15) is 0 Å². The maximum absolute atomic E-state index is 12.2. The third kappa shape index (κ3) is 6.62. The first-order chi connectivity index (χ1) is 11.1.